The molecule has 0 atom stereocenters. The molecule has 0 aromatic heterocycles. The first kappa shape index (κ1) is 23.0. The monoisotopic (exact) mass is 524 g/mol. The number of hydrogen-bond acceptors (Lipinski definition) is 4. The highest BCUT2D eigenvalue weighted by atomic mass is 35.5. The van der Waals surface area contributed by atoms with Crippen LogP contribution >= 0.6 is 46.4 Å². The lowest BCUT2D eigenvalue weighted by Gasteiger charge is -2.12. The third-order valence-corrected chi connectivity index (χ3v) is 8.51. The quantitative estimate of drug-likeness (QED) is 0.419. The number of benzene rings is 3. The first-order valence-corrected chi connectivity index (χ1v) is 12.5. The molecule has 0 fully saturated rings. The van der Waals surface area contributed by atoms with Gasteiger partial charge in [0.1, 0.15) is 9.79 Å². The summed E-state index contributed by atoms with van der Waals surface area (Å²) in [6.45, 7) is 0. The van der Waals surface area contributed by atoms with E-state index in [4.69, 9.17) is 46.4 Å². The third kappa shape index (κ3) is 4.96. The Labute approximate surface area is 193 Å². The van der Waals surface area contributed by atoms with E-state index in [1.165, 1.54) is 60.7 Å². The summed E-state index contributed by atoms with van der Waals surface area (Å²) < 4.78 is 54.9. The SMILES string of the molecule is O=S(=O)(Nc1ccc(NS(=O)(=O)c2cccc(Cl)c2Cl)cc1)c1cccc(Cl)c1Cl. The Bertz CT molecular complexity index is 1210. The summed E-state index contributed by atoms with van der Waals surface area (Å²) in [6.07, 6.45) is 0. The molecule has 0 aliphatic rings. The fourth-order valence-electron chi connectivity index (χ4n) is 2.41. The molecule has 0 amide bonds. The zero-order chi connectivity index (χ0) is 22.1. The minimum Gasteiger partial charge on any atom is -0.280 e. The topological polar surface area (TPSA) is 92.3 Å². The van der Waals surface area contributed by atoms with Crippen LogP contribution in [0, 0.1) is 0 Å². The summed E-state index contributed by atoms with van der Waals surface area (Å²) >= 11 is 23.7. The van der Waals surface area contributed by atoms with Crippen LogP contribution in [0.15, 0.2) is 70.5 Å². The highest BCUT2D eigenvalue weighted by molar-refractivity contribution is 7.93. The van der Waals surface area contributed by atoms with Gasteiger partial charge in [-0.05, 0) is 48.5 Å². The van der Waals surface area contributed by atoms with Gasteiger partial charge in [0.15, 0.2) is 0 Å². The standard InChI is InChI=1S/C18H12Cl4N2O4S2/c19-13-3-1-5-15(17(13)21)29(25,26)23-11-7-9-12(10-8-11)24-30(27,28)16-6-2-4-14(20)18(16)22/h1-10,23-24H. The van der Waals surface area contributed by atoms with Crippen LogP contribution in [0.3, 0.4) is 0 Å². The van der Waals surface area contributed by atoms with E-state index in [1.807, 2.05) is 0 Å². The molecular formula is C18H12Cl4N2O4S2. The van der Waals surface area contributed by atoms with Gasteiger partial charge in [-0.15, -0.1) is 0 Å². The molecule has 0 spiro atoms. The first-order chi connectivity index (χ1) is 14.0. The average Bonchev–Trinajstić information content (AvgIpc) is 2.67. The maximum atomic E-state index is 12.5. The summed E-state index contributed by atoms with van der Waals surface area (Å²) in [4.78, 5) is -0.367. The van der Waals surface area contributed by atoms with Crippen LogP contribution in [0.4, 0.5) is 11.4 Å². The predicted octanol–water partition coefficient (Wildman–Crippen LogP) is 5.90. The maximum Gasteiger partial charge on any atom is 0.263 e. The number of hydrogen-bond donors (Lipinski definition) is 2. The lowest BCUT2D eigenvalue weighted by atomic mass is 10.3. The Morgan fingerprint density at radius 1 is 0.533 bits per heavy atom. The van der Waals surface area contributed by atoms with Gasteiger partial charge in [-0.1, -0.05) is 58.5 Å². The van der Waals surface area contributed by atoms with Gasteiger partial charge in [0.25, 0.3) is 20.0 Å². The number of anilines is 2. The van der Waals surface area contributed by atoms with Crippen molar-refractivity contribution < 1.29 is 16.8 Å². The molecule has 2 N–H and O–H groups in total. The Kier molecular flexibility index (Phi) is 6.76. The van der Waals surface area contributed by atoms with Gasteiger partial charge in [-0.25, -0.2) is 16.8 Å². The normalized spacial score (nSPS) is 11.9. The van der Waals surface area contributed by atoms with Crippen LogP contribution in [-0.2, 0) is 20.0 Å². The molecule has 30 heavy (non-hydrogen) atoms. The van der Waals surface area contributed by atoms with Crippen LogP contribution in [0.5, 0.6) is 0 Å². The first-order valence-electron chi connectivity index (χ1n) is 8.05. The molecule has 158 valence electrons. The van der Waals surface area contributed by atoms with Gasteiger partial charge >= 0.3 is 0 Å². The molecule has 0 aliphatic carbocycles. The minimum absolute atomic E-state index is 0.101. The minimum atomic E-state index is -4.01. The lowest BCUT2D eigenvalue weighted by molar-refractivity contribution is 0.599. The van der Waals surface area contributed by atoms with Gasteiger partial charge in [-0.2, -0.15) is 0 Å². The molecule has 0 bridgehead atoms. The second-order valence-corrected chi connectivity index (χ2v) is 10.8. The van der Waals surface area contributed by atoms with Crippen molar-refractivity contribution in [2.75, 3.05) is 9.44 Å². The van der Waals surface area contributed by atoms with Crippen molar-refractivity contribution in [3.8, 4) is 0 Å². The van der Waals surface area contributed by atoms with E-state index in [0.717, 1.165) is 0 Å². The third-order valence-electron chi connectivity index (χ3n) is 3.80. The van der Waals surface area contributed by atoms with Crippen molar-refractivity contribution in [3.05, 3.63) is 80.8 Å². The Morgan fingerprint density at radius 3 is 1.20 bits per heavy atom. The second kappa shape index (κ2) is 8.82. The van der Waals surface area contributed by atoms with Crippen molar-refractivity contribution in [2.45, 2.75) is 9.79 Å². The lowest BCUT2D eigenvalue weighted by Crippen LogP contribution is -2.15. The van der Waals surface area contributed by atoms with Crippen LogP contribution in [0.25, 0.3) is 0 Å². The molecule has 0 saturated carbocycles. The van der Waals surface area contributed by atoms with Gasteiger partial charge in [0.2, 0.25) is 0 Å². The smallest absolute Gasteiger partial charge is 0.263 e. The van der Waals surface area contributed by atoms with Crippen molar-refractivity contribution in [2.24, 2.45) is 0 Å². The van der Waals surface area contributed by atoms with Crippen LogP contribution < -0.4 is 9.44 Å². The largest absolute Gasteiger partial charge is 0.280 e. The van der Waals surface area contributed by atoms with Crippen molar-refractivity contribution in [3.63, 3.8) is 0 Å². The molecule has 0 heterocycles. The highest BCUT2D eigenvalue weighted by Gasteiger charge is 2.21. The molecule has 0 radical (unpaired) electrons. The number of halogens is 4. The summed E-state index contributed by atoms with van der Waals surface area (Å²) in [5.41, 5.74) is 0.379. The Balaban J connectivity index is 1.81. The van der Waals surface area contributed by atoms with Gasteiger partial charge < -0.3 is 0 Å². The van der Waals surface area contributed by atoms with Gasteiger partial charge in [0.05, 0.1) is 20.1 Å². The summed E-state index contributed by atoms with van der Waals surface area (Å²) in [5, 5.41) is -0.00293. The summed E-state index contributed by atoms with van der Waals surface area (Å²) in [6, 6.07) is 14.0. The highest BCUT2D eigenvalue weighted by Crippen LogP contribution is 2.32. The van der Waals surface area contributed by atoms with Crippen molar-refractivity contribution >= 4 is 77.8 Å². The van der Waals surface area contributed by atoms with Crippen molar-refractivity contribution in [1.82, 2.24) is 0 Å². The fourth-order valence-corrected chi connectivity index (χ4v) is 6.05. The van der Waals surface area contributed by atoms with E-state index in [0.29, 0.717) is 0 Å². The van der Waals surface area contributed by atoms with Gasteiger partial charge in [-0.3, -0.25) is 9.44 Å². The van der Waals surface area contributed by atoms with Crippen LogP contribution in [0.2, 0.25) is 20.1 Å². The Morgan fingerprint density at radius 2 is 0.867 bits per heavy atom. The average molecular weight is 526 g/mol. The maximum absolute atomic E-state index is 12.5. The number of sulfonamides is 2. The van der Waals surface area contributed by atoms with E-state index < -0.39 is 20.0 Å². The second-order valence-electron chi connectivity index (χ2n) is 5.89. The zero-order valence-electron chi connectivity index (χ0n) is 14.7. The van der Waals surface area contributed by atoms with Crippen molar-refractivity contribution in [1.29, 1.82) is 0 Å². The molecular weight excluding hydrogens is 514 g/mol. The number of nitrogens with one attached hydrogen (secondary N) is 2. The Hall–Kier alpha value is -1.68. The van der Waals surface area contributed by atoms with E-state index in [2.05, 4.69) is 9.44 Å². The zero-order valence-corrected chi connectivity index (χ0v) is 19.4. The summed E-state index contributed by atoms with van der Waals surface area (Å²) in [7, 11) is -8.01. The van der Waals surface area contributed by atoms with Gasteiger partial charge in [0, 0.05) is 11.4 Å². The molecule has 0 saturated heterocycles. The molecule has 6 nitrogen and oxygen atoms in total. The molecule has 0 unspecified atom stereocenters. The van der Waals surface area contributed by atoms with E-state index >= 15 is 0 Å². The molecule has 12 heteroatoms. The molecule has 0 aliphatic heterocycles. The van der Waals surface area contributed by atoms with Crippen LogP contribution in [-0.4, -0.2) is 16.8 Å². The fraction of sp³-hybridized carbons (Fsp3) is 0. The molecule has 3 rings (SSSR count). The number of rotatable bonds is 6. The molecule has 3 aromatic rings. The van der Waals surface area contributed by atoms with Crippen LogP contribution in [0.1, 0.15) is 0 Å². The van der Waals surface area contributed by atoms with E-state index in [-0.39, 0.29) is 41.3 Å². The van der Waals surface area contributed by atoms with E-state index in [1.54, 1.807) is 0 Å². The summed E-state index contributed by atoms with van der Waals surface area (Å²) in [5.74, 6) is 0. The van der Waals surface area contributed by atoms with E-state index in [9.17, 15) is 16.8 Å². The molecule has 3 aromatic carbocycles. The predicted molar refractivity (Wildman–Crippen MR) is 121 cm³/mol.